The minimum Gasteiger partial charge on any atom is -0.467 e. The zero-order chi connectivity index (χ0) is 15.1. The molecule has 6 nitrogen and oxygen atoms in total. The van der Waals surface area contributed by atoms with Gasteiger partial charge in [-0.1, -0.05) is 0 Å². The third-order valence-corrected chi connectivity index (χ3v) is 3.71. The van der Waals surface area contributed by atoms with Crippen LogP contribution < -0.4 is 5.32 Å². The van der Waals surface area contributed by atoms with E-state index in [1.54, 1.807) is 18.4 Å². The molecular formula is C15H24N2O4. The van der Waals surface area contributed by atoms with E-state index in [-0.39, 0.29) is 11.9 Å². The summed E-state index contributed by atoms with van der Waals surface area (Å²) in [5.74, 6) is 0.598. The number of aliphatic hydroxyl groups is 1. The van der Waals surface area contributed by atoms with Crippen LogP contribution in [0.25, 0.3) is 0 Å². The Hall–Kier alpha value is -1.37. The van der Waals surface area contributed by atoms with Crippen molar-refractivity contribution in [2.75, 3.05) is 32.8 Å². The van der Waals surface area contributed by atoms with E-state index in [4.69, 9.17) is 9.15 Å². The van der Waals surface area contributed by atoms with Crippen molar-refractivity contribution in [3.05, 3.63) is 24.2 Å². The number of furan rings is 1. The Kier molecular flexibility index (Phi) is 6.22. The number of hydrogen-bond donors (Lipinski definition) is 2. The average Bonchev–Trinajstić information content (AvgIpc) is 2.99. The first-order valence-corrected chi connectivity index (χ1v) is 7.44. The van der Waals surface area contributed by atoms with Crippen molar-refractivity contribution in [3.8, 4) is 0 Å². The Bertz CT molecular complexity index is 421. The molecule has 2 rings (SSSR count). The fourth-order valence-corrected chi connectivity index (χ4v) is 2.60. The van der Waals surface area contributed by atoms with E-state index < -0.39 is 6.10 Å². The monoisotopic (exact) mass is 296 g/mol. The van der Waals surface area contributed by atoms with Gasteiger partial charge in [-0.05, 0) is 25.0 Å². The van der Waals surface area contributed by atoms with Gasteiger partial charge in [-0.3, -0.25) is 9.69 Å². The van der Waals surface area contributed by atoms with Gasteiger partial charge in [0.1, 0.15) is 11.9 Å². The van der Waals surface area contributed by atoms with Crippen LogP contribution in [-0.4, -0.2) is 54.8 Å². The second-order valence-electron chi connectivity index (χ2n) is 5.37. The van der Waals surface area contributed by atoms with Gasteiger partial charge in [0.2, 0.25) is 5.91 Å². The lowest BCUT2D eigenvalue weighted by atomic mass is 10.1. The second-order valence-corrected chi connectivity index (χ2v) is 5.37. The number of rotatable bonds is 7. The standard InChI is InChI=1S/C15H24N2O4/c1-12(18)16-5-3-6-17-7-9-20-11-13(17)10-14(19)15-4-2-8-21-15/h2,4,8,13-14,19H,3,5-7,9-11H2,1H3,(H,16,18). The molecule has 1 saturated heterocycles. The van der Waals surface area contributed by atoms with Gasteiger partial charge in [-0.15, -0.1) is 0 Å². The number of aliphatic hydroxyl groups excluding tert-OH is 1. The number of amides is 1. The highest BCUT2D eigenvalue weighted by Gasteiger charge is 2.26. The average molecular weight is 296 g/mol. The highest BCUT2D eigenvalue weighted by atomic mass is 16.5. The normalized spacial score (nSPS) is 21.1. The summed E-state index contributed by atoms with van der Waals surface area (Å²) in [6.07, 6.45) is 2.45. The SMILES string of the molecule is CC(=O)NCCCN1CCOCC1CC(O)c1ccco1. The van der Waals surface area contributed by atoms with Gasteiger partial charge < -0.3 is 19.6 Å². The van der Waals surface area contributed by atoms with E-state index in [2.05, 4.69) is 10.2 Å². The van der Waals surface area contributed by atoms with E-state index in [1.165, 1.54) is 6.92 Å². The van der Waals surface area contributed by atoms with E-state index in [0.717, 1.165) is 19.5 Å². The number of hydrogen-bond acceptors (Lipinski definition) is 5. The number of ether oxygens (including phenoxy) is 1. The molecule has 0 spiro atoms. The summed E-state index contributed by atoms with van der Waals surface area (Å²) in [5, 5.41) is 13.0. The quantitative estimate of drug-likeness (QED) is 0.732. The lowest BCUT2D eigenvalue weighted by Crippen LogP contribution is -2.47. The molecule has 2 atom stereocenters. The molecule has 118 valence electrons. The van der Waals surface area contributed by atoms with Crippen molar-refractivity contribution in [1.82, 2.24) is 10.2 Å². The predicted molar refractivity (Wildman–Crippen MR) is 77.8 cm³/mol. The van der Waals surface area contributed by atoms with Crippen LogP contribution in [0.4, 0.5) is 0 Å². The number of nitrogens with zero attached hydrogens (tertiary/aromatic N) is 1. The number of nitrogens with one attached hydrogen (secondary N) is 1. The first-order valence-electron chi connectivity index (χ1n) is 7.44. The Balaban J connectivity index is 1.79. The van der Waals surface area contributed by atoms with Gasteiger partial charge in [0.05, 0.1) is 19.5 Å². The van der Waals surface area contributed by atoms with Crippen molar-refractivity contribution in [2.45, 2.75) is 31.9 Å². The zero-order valence-corrected chi connectivity index (χ0v) is 12.5. The van der Waals surface area contributed by atoms with Crippen LogP contribution in [0.1, 0.15) is 31.6 Å². The van der Waals surface area contributed by atoms with Crippen LogP contribution in [0.15, 0.2) is 22.8 Å². The minimum absolute atomic E-state index is 0.00164. The molecule has 1 aromatic heterocycles. The number of carbonyl (C=O) groups excluding carboxylic acids is 1. The predicted octanol–water partition coefficient (Wildman–Crippen LogP) is 0.930. The molecule has 2 unspecified atom stereocenters. The lowest BCUT2D eigenvalue weighted by molar-refractivity contribution is -0.119. The van der Waals surface area contributed by atoms with E-state index in [9.17, 15) is 9.90 Å². The lowest BCUT2D eigenvalue weighted by Gasteiger charge is -2.36. The van der Waals surface area contributed by atoms with Crippen molar-refractivity contribution >= 4 is 5.91 Å². The van der Waals surface area contributed by atoms with Crippen molar-refractivity contribution in [3.63, 3.8) is 0 Å². The topological polar surface area (TPSA) is 74.9 Å². The van der Waals surface area contributed by atoms with Crippen LogP contribution in [0.2, 0.25) is 0 Å². The Labute approximate surface area is 125 Å². The van der Waals surface area contributed by atoms with Gasteiger partial charge in [-0.25, -0.2) is 0 Å². The summed E-state index contributed by atoms with van der Waals surface area (Å²) < 4.78 is 10.8. The Morgan fingerprint density at radius 3 is 3.19 bits per heavy atom. The summed E-state index contributed by atoms with van der Waals surface area (Å²) in [4.78, 5) is 13.2. The molecule has 1 fully saturated rings. The van der Waals surface area contributed by atoms with Gasteiger partial charge in [-0.2, -0.15) is 0 Å². The maximum Gasteiger partial charge on any atom is 0.216 e. The maximum absolute atomic E-state index is 10.8. The largest absolute Gasteiger partial charge is 0.467 e. The first kappa shape index (κ1) is 16.0. The number of morpholine rings is 1. The van der Waals surface area contributed by atoms with Gasteiger partial charge in [0, 0.05) is 32.6 Å². The van der Waals surface area contributed by atoms with Crippen LogP contribution >= 0.6 is 0 Å². The van der Waals surface area contributed by atoms with Crippen LogP contribution in [-0.2, 0) is 9.53 Å². The molecule has 1 aromatic rings. The number of carbonyl (C=O) groups is 1. The zero-order valence-electron chi connectivity index (χ0n) is 12.5. The minimum atomic E-state index is -0.607. The molecule has 1 aliphatic rings. The third-order valence-electron chi connectivity index (χ3n) is 3.71. The molecule has 2 heterocycles. The smallest absolute Gasteiger partial charge is 0.216 e. The Morgan fingerprint density at radius 2 is 2.48 bits per heavy atom. The molecule has 6 heteroatoms. The fraction of sp³-hybridized carbons (Fsp3) is 0.667. The highest BCUT2D eigenvalue weighted by molar-refractivity contribution is 5.72. The second kappa shape index (κ2) is 8.17. The summed E-state index contributed by atoms with van der Waals surface area (Å²) >= 11 is 0. The van der Waals surface area contributed by atoms with Gasteiger partial charge in [0.25, 0.3) is 0 Å². The molecular weight excluding hydrogens is 272 g/mol. The van der Waals surface area contributed by atoms with Crippen LogP contribution in [0.5, 0.6) is 0 Å². The van der Waals surface area contributed by atoms with E-state index >= 15 is 0 Å². The summed E-state index contributed by atoms with van der Waals surface area (Å²) in [6.45, 7) is 5.29. The third kappa shape index (κ3) is 5.15. The van der Waals surface area contributed by atoms with Crippen LogP contribution in [0, 0.1) is 0 Å². The molecule has 0 radical (unpaired) electrons. The maximum atomic E-state index is 10.8. The molecule has 1 aliphatic heterocycles. The van der Waals surface area contributed by atoms with Gasteiger partial charge >= 0.3 is 0 Å². The first-order chi connectivity index (χ1) is 10.2. The van der Waals surface area contributed by atoms with Crippen molar-refractivity contribution in [2.24, 2.45) is 0 Å². The highest BCUT2D eigenvalue weighted by Crippen LogP contribution is 2.22. The molecule has 21 heavy (non-hydrogen) atoms. The summed E-state index contributed by atoms with van der Waals surface area (Å²) in [7, 11) is 0. The van der Waals surface area contributed by atoms with Crippen molar-refractivity contribution in [1.29, 1.82) is 0 Å². The molecule has 0 bridgehead atoms. The molecule has 0 aliphatic carbocycles. The fourth-order valence-electron chi connectivity index (χ4n) is 2.60. The summed E-state index contributed by atoms with van der Waals surface area (Å²) in [6, 6.07) is 3.74. The molecule has 1 amide bonds. The molecule has 2 N–H and O–H groups in total. The molecule has 0 saturated carbocycles. The van der Waals surface area contributed by atoms with E-state index in [0.29, 0.717) is 31.9 Å². The van der Waals surface area contributed by atoms with Crippen molar-refractivity contribution < 1.29 is 19.1 Å². The van der Waals surface area contributed by atoms with Gasteiger partial charge in [0.15, 0.2) is 0 Å². The summed E-state index contributed by atoms with van der Waals surface area (Å²) in [5.41, 5.74) is 0. The van der Waals surface area contributed by atoms with E-state index in [1.807, 2.05) is 0 Å². The molecule has 0 aromatic carbocycles. The van der Waals surface area contributed by atoms with Crippen LogP contribution in [0.3, 0.4) is 0 Å². The Morgan fingerprint density at radius 1 is 1.62 bits per heavy atom.